The van der Waals surface area contributed by atoms with E-state index in [9.17, 15) is 18.0 Å². The van der Waals surface area contributed by atoms with E-state index in [-0.39, 0.29) is 12.1 Å². The van der Waals surface area contributed by atoms with E-state index in [0.717, 1.165) is 23.9 Å². The summed E-state index contributed by atoms with van der Waals surface area (Å²) < 4.78 is 40.2. The molecule has 0 aliphatic rings. The molecule has 4 rings (SSSR count). The third-order valence-corrected chi connectivity index (χ3v) is 5.04. The first-order valence-corrected chi connectivity index (χ1v) is 10.3. The van der Waals surface area contributed by atoms with Crippen molar-refractivity contribution < 1.29 is 18.0 Å². The number of rotatable bonds is 8. The van der Waals surface area contributed by atoms with E-state index in [1.807, 2.05) is 18.2 Å². The third kappa shape index (κ3) is 5.46. The van der Waals surface area contributed by atoms with Crippen molar-refractivity contribution in [1.82, 2.24) is 25.1 Å². The molecule has 1 amide bonds. The quantitative estimate of drug-likeness (QED) is 0.422. The minimum absolute atomic E-state index is 0.0534. The number of nitrogens with zero attached hydrogens (tertiary/aromatic N) is 4. The van der Waals surface area contributed by atoms with Crippen molar-refractivity contribution in [2.24, 2.45) is 0 Å². The third-order valence-electron chi connectivity index (χ3n) is 5.04. The Balaban J connectivity index is 1.36. The normalized spacial score (nSPS) is 11.5. The van der Waals surface area contributed by atoms with Crippen LogP contribution in [0.1, 0.15) is 21.5 Å². The highest BCUT2D eigenvalue weighted by Crippen LogP contribution is 2.29. The molecule has 2 N–H and O–H groups in total. The highest BCUT2D eigenvalue weighted by atomic mass is 19.4. The van der Waals surface area contributed by atoms with Gasteiger partial charge in [0.1, 0.15) is 12.1 Å². The summed E-state index contributed by atoms with van der Waals surface area (Å²) in [5, 5.41) is 11.0. The van der Waals surface area contributed by atoms with Gasteiger partial charge in [-0.3, -0.25) is 4.79 Å². The summed E-state index contributed by atoms with van der Waals surface area (Å²) in [4.78, 5) is 20.8. The Hall–Kier alpha value is -3.95. The summed E-state index contributed by atoms with van der Waals surface area (Å²) >= 11 is 0. The molecule has 2 heterocycles. The zero-order valence-corrected chi connectivity index (χ0v) is 17.5. The lowest BCUT2D eigenvalue weighted by Gasteiger charge is -2.10. The fraction of sp³-hybridized carbons (Fsp3) is 0.217. The molecule has 0 spiro atoms. The molecule has 0 saturated carbocycles. The summed E-state index contributed by atoms with van der Waals surface area (Å²) in [6, 6.07) is 14.4. The van der Waals surface area contributed by atoms with Crippen molar-refractivity contribution in [2.45, 2.75) is 19.1 Å². The maximum absolute atomic E-state index is 12.9. The zero-order chi connectivity index (χ0) is 23.3. The van der Waals surface area contributed by atoms with Gasteiger partial charge in [-0.05, 0) is 30.2 Å². The van der Waals surface area contributed by atoms with Gasteiger partial charge in [-0.1, -0.05) is 36.4 Å². The molecular weight excluding hydrogens is 433 g/mol. The number of carbonyl (C=O) groups excluding carboxylic acids is 1. The van der Waals surface area contributed by atoms with Crippen molar-refractivity contribution in [3.8, 4) is 0 Å². The van der Waals surface area contributed by atoms with E-state index in [4.69, 9.17) is 0 Å². The lowest BCUT2D eigenvalue weighted by molar-refractivity contribution is -0.137. The number of anilines is 1. The van der Waals surface area contributed by atoms with E-state index in [1.54, 1.807) is 10.9 Å². The number of nitrogens with one attached hydrogen (secondary N) is 2. The number of benzene rings is 2. The van der Waals surface area contributed by atoms with Gasteiger partial charge in [0.25, 0.3) is 5.91 Å². The van der Waals surface area contributed by atoms with Crippen LogP contribution in [0.25, 0.3) is 11.0 Å². The van der Waals surface area contributed by atoms with Gasteiger partial charge in [0.2, 0.25) is 0 Å². The molecule has 4 aromatic rings. The Kier molecular flexibility index (Phi) is 6.53. The summed E-state index contributed by atoms with van der Waals surface area (Å²) in [6.45, 7) is 1.16. The maximum Gasteiger partial charge on any atom is 0.416 e. The standard InChI is InChI=1S/C23H21F3N6O/c24-23(25,26)18-8-4-7-17(13-18)22(33)28-11-12-32-21-19(14-31-32)20(29-15-30-21)27-10-9-16-5-2-1-3-6-16/h1-8,13-15H,9-12H2,(H,28,33)(H,27,29,30). The van der Waals surface area contributed by atoms with Gasteiger partial charge >= 0.3 is 6.18 Å². The molecule has 7 nitrogen and oxygen atoms in total. The number of carbonyl (C=O) groups is 1. The SMILES string of the molecule is O=C(NCCn1ncc2c(NCCc3ccccc3)ncnc21)c1cccc(C(F)(F)F)c1. The number of hydrogen-bond acceptors (Lipinski definition) is 5. The van der Waals surface area contributed by atoms with E-state index in [0.29, 0.717) is 24.6 Å². The first-order valence-electron chi connectivity index (χ1n) is 10.3. The maximum atomic E-state index is 12.9. The van der Waals surface area contributed by atoms with Gasteiger partial charge in [-0.25, -0.2) is 14.6 Å². The van der Waals surface area contributed by atoms with E-state index < -0.39 is 17.6 Å². The summed E-state index contributed by atoms with van der Waals surface area (Å²) in [7, 11) is 0. The number of hydrogen-bond donors (Lipinski definition) is 2. The molecular formula is C23H21F3N6O. The number of fused-ring (bicyclic) bond motifs is 1. The van der Waals surface area contributed by atoms with Gasteiger partial charge < -0.3 is 10.6 Å². The second-order valence-corrected chi connectivity index (χ2v) is 7.32. The molecule has 10 heteroatoms. The summed E-state index contributed by atoms with van der Waals surface area (Å²) in [6.07, 6.45) is -0.583. The van der Waals surface area contributed by atoms with E-state index in [1.165, 1.54) is 24.0 Å². The number of alkyl halides is 3. The van der Waals surface area contributed by atoms with Crippen LogP contribution >= 0.6 is 0 Å². The zero-order valence-electron chi connectivity index (χ0n) is 17.5. The van der Waals surface area contributed by atoms with Crippen LogP contribution in [0.3, 0.4) is 0 Å². The van der Waals surface area contributed by atoms with Crippen LogP contribution in [0.2, 0.25) is 0 Å². The van der Waals surface area contributed by atoms with Gasteiger partial charge in [0.15, 0.2) is 5.65 Å². The largest absolute Gasteiger partial charge is 0.416 e. The van der Waals surface area contributed by atoms with Gasteiger partial charge in [-0.15, -0.1) is 0 Å². The van der Waals surface area contributed by atoms with Crippen molar-refractivity contribution in [3.05, 3.63) is 83.8 Å². The minimum Gasteiger partial charge on any atom is -0.369 e. The van der Waals surface area contributed by atoms with Crippen LogP contribution in [0, 0.1) is 0 Å². The predicted molar refractivity (Wildman–Crippen MR) is 118 cm³/mol. The van der Waals surface area contributed by atoms with Crippen LogP contribution in [0.5, 0.6) is 0 Å². The topological polar surface area (TPSA) is 84.7 Å². The molecule has 2 aromatic carbocycles. The molecule has 33 heavy (non-hydrogen) atoms. The second kappa shape index (κ2) is 9.68. The van der Waals surface area contributed by atoms with Crippen LogP contribution in [0.15, 0.2) is 67.1 Å². The molecule has 0 saturated heterocycles. The second-order valence-electron chi connectivity index (χ2n) is 7.32. The molecule has 0 aliphatic carbocycles. The first-order chi connectivity index (χ1) is 15.9. The minimum atomic E-state index is -4.50. The predicted octanol–water partition coefficient (Wildman–Crippen LogP) is 3.93. The van der Waals surface area contributed by atoms with Crippen LogP contribution in [-0.2, 0) is 19.1 Å². The molecule has 0 unspecified atom stereocenters. The van der Waals surface area contributed by atoms with Crippen LogP contribution in [-0.4, -0.2) is 38.7 Å². The Morgan fingerprint density at radius 1 is 1.00 bits per heavy atom. The van der Waals surface area contributed by atoms with Crippen molar-refractivity contribution >= 4 is 22.8 Å². The van der Waals surface area contributed by atoms with Crippen molar-refractivity contribution in [1.29, 1.82) is 0 Å². The Morgan fingerprint density at radius 3 is 2.61 bits per heavy atom. The fourth-order valence-electron chi connectivity index (χ4n) is 3.38. The molecule has 0 atom stereocenters. The lowest BCUT2D eigenvalue weighted by atomic mass is 10.1. The average Bonchev–Trinajstić information content (AvgIpc) is 3.23. The van der Waals surface area contributed by atoms with Gasteiger partial charge in [0.05, 0.1) is 23.7 Å². The molecule has 2 aromatic heterocycles. The molecule has 0 bridgehead atoms. The van der Waals surface area contributed by atoms with E-state index in [2.05, 4.69) is 37.8 Å². The Bertz CT molecular complexity index is 1240. The van der Waals surface area contributed by atoms with Crippen LogP contribution in [0.4, 0.5) is 19.0 Å². The smallest absolute Gasteiger partial charge is 0.369 e. The molecule has 0 aliphatic heterocycles. The van der Waals surface area contributed by atoms with E-state index >= 15 is 0 Å². The van der Waals surface area contributed by atoms with Crippen LogP contribution < -0.4 is 10.6 Å². The number of aromatic nitrogens is 4. The Morgan fingerprint density at radius 2 is 1.82 bits per heavy atom. The Labute approximate surface area is 187 Å². The highest BCUT2D eigenvalue weighted by Gasteiger charge is 2.30. The summed E-state index contributed by atoms with van der Waals surface area (Å²) in [5.74, 6) is 0.0747. The number of amides is 1. The first kappa shape index (κ1) is 22.3. The fourth-order valence-corrected chi connectivity index (χ4v) is 3.38. The average molecular weight is 454 g/mol. The monoisotopic (exact) mass is 454 g/mol. The molecule has 0 fully saturated rings. The number of halogens is 3. The van der Waals surface area contributed by atoms with Crippen molar-refractivity contribution in [3.63, 3.8) is 0 Å². The molecule has 170 valence electrons. The lowest BCUT2D eigenvalue weighted by Crippen LogP contribution is -2.27. The van der Waals surface area contributed by atoms with Crippen molar-refractivity contribution in [2.75, 3.05) is 18.4 Å². The molecule has 0 radical (unpaired) electrons. The summed E-state index contributed by atoms with van der Waals surface area (Å²) in [5.41, 5.74) is 0.891. The van der Waals surface area contributed by atoms with Gasteiger partial charge in [-0.2, -0.15) is 18.3 Å². The highest BCUT2D eigenvalue weighted by molar-refractivity contribution is 5.94. The van der Waals surface area contributed by atoms with Gasteiger partial charge in [0, 0.05) is 18.7 Å².